The molecule has 0 spiro atoms. The average molecular weight is 315 g/mol. The first-order valence-corrected chi connectivity index (χ1v) is 7.76. The molecule has 1 rings (SSSR count). The molecule has 1 atom stereocenters. The summed E-state index contributed by atoms with van der Waals surface area (Å²) >= 11 is 6.40. The zero-order valence-corrected chi connectivity index (χ0v) is 14.2. The number of anilines is 1. The lowest BCUT2D eigenvalue weighted by Crippen LogP contribution is -2.37. The molecule has 0 amide bonds. The van der Waals surface area contributed by atoms with Crippen molar-refractivity contribution in [3.63, 3.8) is 0 Å². The van der Waals surface area contributed by atoms with Gasteiger partial charge in [0.05, 0.1) is 13.2 Å². The topological polar surface area (TPSA) is 33.7 Å². The lowest BCUT2D eigenvalue weighted by molar-refractivity contribution is 0.182. The van der Waals surface area contributed by atoms with E-state index < -0.39 is 0 Å². The van der Waals surface area contributed by atoms with Crippen molar-refractivity contribution in [1.29, 1.82) is 0 Å². The predicted octanol–water partition coefficient (Wildman–Crippen LogP) is 2.94. The molecule has 5 heteroatoms. The highest BCUT2D eigenvalue weighted by atomic mass is 35.5. The molecule has 0 aromatic heterocycles. The van der Waals surface area contributed by atoms with E-state index in [1.54, 1.807) is 14.2 Å². The second-order valence-corrected chi connectivity index (χ2v) is 5.40. The molecule has 0 radical (unpaired) electrons. The van der Waals surface area contributed by atoms with Gasteiger partial charge in [-0.05, 0) is 26.0 Å². The van der Waals surface area contributed by atoms with Gasteiger partial charge in [-0.1, -0.05) is 17.7 Å². The molecule has 0 aliphatic rings. The number of nitrogens with zero attached hydrogens (tertiary/aromatic N) is 1. The number of methoxy groups -OCH3 is 2. The van der Waals surface area contributed by atoms with Gasteiger partial charge in [0, 0.05) is 56.2 Å². The Kier molecular flexibility index (Phi) is 8.69. The van der Waals surface area contributed by atoms with Crippen molar-refractivity contribution in [2.75, 3.05) is 45.4 Å². The fourth-order valence-electron chi connectivity index (χ4n) is 2.43. The number of halogens is 1. The smallest absolute Gasteiger partial charge is 0.0663 e. The molecule has 120 valence electrons. The fraction of sp³-hybridized carbons (Fsp3) is 0.625. The van der Waals surface area contributed by atoms with E-state index in [4.69, 9.17) is 21.1 Å². The van der Waals surface area contributed by atoms with Crippen molar-refractivity contribution >= 4 is 17.3 Å². The molecular weight excluding hydrogens is 288 g/mol. The Hall–Kier alpha value is -0.810. The maximum atomic E-state index is 6.40. The molecule has 0 aliphatic heterocycles. The van der Waals surface area contributed by atoms with Crippen LogP contribution in [0.25, 0.3) is 0 Å². The molecule has 1 N–H and O–H groups in total. The minimum absolute atomic E-state index is 0.302. The summed E-state index contributed by atoms with van der Waals surface area (Å²) in [7, 11) is 3.43. The Labute approximate surface area is 133 Å². The zero-order chi connectivity index (χ0) is 15.7. The number of rotatable bonds is 10. The predicted molar refractivity (Wildman–Crippen MR) is 89.4 cm³/mol. The summed E-state index contributed by atoms with van der Waals surface area (Å²) in [5.74, 6) is 0. The van der Waals surface area contributed by atoms with Crippen molar-refractivity contribution in [1.82, 2.24) is 5.32 Å². The zero-order valence-electron chi connectivity index (χ0n) is 13.5. The quantitative estimate of drug-likeness (QED) is 0.673. The number of likely N-dealkylation sites (N-methyl/N-ethyl adjacent to an activating group) is 1. The molecule has 4 nitrogen and oxygen atoms in total. The minimum Gasteiger partial charge on any atom is -0.383 e. The maximum Gasteiger partial charge on any atom is 0.0663 e. The van der Waals surface area contributed by atoms with Gasteiger partial charge in [-0.3, -0.25) is 0 Å². The van der Waals surface area contributed by atoms with E-state index >= 15 is 0 Å². The summed E-state index contributed by atoms with van der Waals surface area (Å²) in [6.07, 6.45) is 0. The monoisotopic (exact) mass is 314 g/mol. The van der Waals surface area contributed by atoms with Gasteiger partial charge < -0.3 is 19.7 Å². The Bertz CT molecular complexity index is 415. The Morgan fingerprint density at radius 1 is 1.29 bits per heavy atom. The van der Waals surface area contributed by atoms with Crippen LogP contribution in [0.3, 0.4) is 0 Å². The third-order valence-corrected chi connectivity index (χ3v) is 3.82. The van der Waals surface area contributed by atoms with Crippen molar-refractivity contribution < 1.29 is 9.47 Å². The second-order valence-electron chi connectivity index (χ2n) is 5.00. The number of hydrogen-bond acceptors (Lipinski definition) is 4. The molecule has 1 unspecified atom stereocenters. The normalized spacial score (nSPS) is 12.4. The van der Waals surface area contributed by atoms with Crippen molar-refractivity contribution in [2.45, 2.75) is 26.4 Å². The molecule has 0 bridgehead atoms. The molecule has 21 heavy (non-hydrogen) atoms. The van der Waals surface area contributed by atoms with Gasteiger partial charge in [0.2, 0.25) is 0 Å². The molecule has 0 aliphatic carbocycles. The first kappa shape index (κ1) is 18.2. The van der Waals surface area contributed by atoms with Gasteiger partial charge in [-0.25, -0.2) is 0 Å². The van der Waals surface area contributed by atoms with Crippen molar-refractivity contribution in [2.24, 2.45) is 0 Å². The van der Waals surface area contributed by atoms with E-state index in [1.807, 2.05) is 12.1 Å². The first-order chi connectivity index (χ1) is 10.2. The molecule has 0 heterocycles. The van der Waals surface area contributed by atoms with Gasteiger partial charge in [0.15, 0.2) is 0 Å². The van der Waals surface area contributed by atoms with E-state index in [2.05, 4.69) is 30.1 Å². The molecule has 1 aromatic rings. The van der Waals surface area contributed by atoms with Crippen LogP contribution in [0.5, 0.6) is 0 Å². The van der Waals surface area contributed by atoms with Crippen molar-refractivity contribution in [3.8, 4) is 0 Å². The van der Waals surface area contributed by atoms with Crippen LogP contribution in [-0.2, 0) is 16.0 Å². The van der Waals surface area contributed by atoms with E-state index in [0.717, 1.165) is 30.2 Å². The highest BCUT2D eigenvalue weighted by molar-refractivity contribution is 6.31. The van der Waals surface area contributed by atoms with Crippen LogP contribution in [-0.4, -0.2) is 46.6 Å². The SMILES string of the molecule is CCN(c1cccc(Cl)c1CNCCOC)C(C)COC. The van der Waals surface area contributed by atoms with Gasteiger partial charge in [0.25, 0.3) is 0 Å². The van der Waals surface area contributed by atoms with E-state index in [1.165, 1.54) is 5.69 Å². The number of benzene rings is 1. The number of hydrogen-bond donors (Lipinski definition) is 1. The van der Waals surface area contributed by atoms with E-state index in [9.17, 15) is 0 Å². The fourth-order valence-corrected chi connectivity index (χ4v) is 2.67. The number of ether oxygens (including phenoxy) is 2. The van der Waals surface area contributed by atoms with Crippen LogP contribution >= 0.6 is 11.6 Å². The molecule has 0 saturated carbocycles. The summed E-state index contributed by atoms with van der Waals surface area (Å²) in [5, 5.41) is 4.16. The molecule has 0 fully saturated rings. The Balaban J connectivity index is 2.90. The van der Waals surface area contributed by atoms with Crippen LogP contribution in [0.4, 0.5) is 5.69 Å². The summed E-state index contributed by atoms with van der Waals surface area (Å²) < 4.78 is 10.3. The summed E-state index contributed by atoms with van der Waals surface area (Å²) in [5.41, 5.74) is 2.29. The van der Waals surface area contributed by atoms with Crippen LogP contribution in [0, 0.1) is 0 Å². The number of nitrogens with one attached hydrogen (secondary N) is 1. The minimum atomic E-state index is 0.302. The van der Waals surface area contributed by atoms with Crippen molar-refractivity contribution in [3.05, 3.63) is 28.8 Å². The Morgan fingerprint density at radius 2 is 2.05 bits per heavy atom. The highest BCUT2D eigenvalue weighted by Crippen LogP contribution is 2.28. The average Bonchev–Trinajstić information content (AvgIpc) is 2.47. The third-order valence-electron chi connectivity index (χ3n) is 3.47. The standard InChI is InChI=1S/C16H27ClN2O2/c1-5-19(13(2)12-21-4)16-8-6-7-15(17)14(16)11-18-9-10-20-3/h6-8,13,18H,5,9-12H2,1-4H3. The molecule has 0 saturated heterocycles. The summed E-state index contributed by atoms with van der Waals surface area (Å²) in [6, 6.07) is 6.36. The van der Waals surface area contributed by atoms with Crippen LogP contribution in [0.2, 0.25) is 5.02 Å². The van der Waals surface area contributed by atoms with Crippen LogP contribution in [0.1, 0.15) is 19.4 Å². The largest absolute Gasteiger partial charge is 0.383 e. The van der Waals surface area contributed by atoms with Crippen LogP contribution in [0.15, 0.2) is 18.2 Å². The summed E-state index contributed by atoms with van der Waals surface area (Å²) in [4.78, 5) is 2.32. The van der Waals surface area contributed by atoms with Gasteiger partial charge in [-0.2, -0.15) is 0 Å². The summed E-state index contributed by atoms with van der Waals surface area (Å²) in [6.45, 7) is 8.14. The maximum absolute atomic E-state index is 6.40. The van der Waals surface area contributed by atoms with Gasteiger partial charge in [0.1, 0.15) is 0 Å². The lowest BCUT2D eigenvalue weighted by atomic mass is 10.1. The first-order valence-electron chi connectivity index (χ1n) is 7.38. The van der Waals surface area contributed by atoms with E-state index in [0.29, 0.717) is 19.3 Å². The highest BCUT2D eigenvalue weighted by Gasteiger charge is 2.17. The molecular formula is C16H27ClN2O2. The van der Waals surface area contributed by atoms with E-state index in [-0.39, 0.29) is 0 Å². The molecule has 1 aromatic carbocycles. The second kappa shape index (κ2) is 10.0. The van der Waals surface area contributed by atoms with Gasteiger partial charge >= 0.3 is 0 Å². The van der Waals surface area contributed by atoms with Gasteiger partial charge in [-0.15, -0.1) is 0 Å². The lowest BCUT2D eigenvalue weighted by Gasteiger charge is -2.32. The third kappa shape index (κ3) is 5.47. The Morgan fingerprint density at radius 3 is 2.67 bits per heavy atom. The van der Waals surface area contributed by atoms with Crippen LogP contribution < -0.4 is 10.2 Å².